The summed E-state index contributed by atoms with van der Waals surface area (Å²) in [7, 11) is 0.651. The lowest BCUT2D eigenvalue weighted by Crippen LogP contribution is -2.30. The minimum Gasteiger partial charge on any atom is -0.106 e. The van der Waals surface area contributed by atoms with Crippen molar-refractivity contribution in [2.75, 3.05) is 25.7 Å². The molecule has 0 saturated carbocycles. The predicted molar refractivity (Wildman–Crippen MR) is 79.7 cm³/mol. The fourth-order valence-electron chi connectivity index (χ4n) is 4.10. The molecule has 2 fully saturated rings. The van der Waals surface area contributed by atoms with Gasteiger partial charge >= 0.3 is 0 Å². The van der Waals surface area contributed by atoms with Crippen molar-refractivity contribution in [1.82, 2.24) is 0 Å². The summed E-state index contributed by atoms with van der Waals surface area (Å²) >= 11 is 0. The third-order valence-electron chi connectivity index (χ3n) is 5.39. The summed E-state index contributed by atoms with van der Waals surface area (Å²) in [4.78, 5) is 0. The van der Waals surface area contributed by atoms with Crippen LogP contribution in [0.5, 0.6) is 0 Å². The molecular weight excluding hydrogens is 230 g/mol. The highest BCUT2D eigenvalue weighted by molar-refractivity contribution is 7.62. The highest BCUT2D eigenvalue weighted by Gasteiger charge is 2.47. The maximum atomic E-state index is 2.58. The third kappa shape index (κ3) is 2.10. The Morgan fingerprint density at radius 1 is 0.688 bits per heavy atom. The van der Waals surface area contributed by atoms with Crippen LogP contribution >= 0.6 is 15.8 Å². The molecule has 8 unspecified atom stereocenters. The minimum absolute atomic E-state index is 0.326. The van der Waals surface area contributed by atoms with E-state index in [-0.39, 0.29) is 0 Å². The SMILES string of the molecule is CC1CP(C)C(C2C(C)C(C)CP2C)C1C. The van der Waals surface area contributed by atoms with Gasteiger partial charge in [0.25, 0.3) is 0 Å². The van der Waals surface area contributed by atoms with Gasteiger partial charge in [0, 0.05) is 0 Å². The summed E-state index contributed by atoms with van der Waals surface area (Å²) in [6, 6.07) is 0. The Hall–Kier alpha value is 0.860. The maximum Gasteiger partial charge on any atom is -0.0113 e. The summed E-state index contributed by atoms with van der Waals surface area (Å²) in [5, 5.41) is 0. The molecule has 2 aliphatic rings. The first-order chi connectivity index (χ1) is 7.43. The van der Waals surface area contributed by atoms with Crippen molar-refractivity contribution in [3.63, 3.8) is 0 Å². The number of hydrogen-bond acceptors (Lipinski definition) is 0. The lowest BCUT2D eigenvalue weighted by atomic mass is 9.86. The van der Waals surface area contributed by atoms with E-state index in [4.69, 9.17) is 0 Å². The van der Waals surface area contributed by atoms with E-state index in [9.17, 15) is 0 Å². The van der Waals surface area contributed by atoms with Crippen LogP contribution in [-0.2, 0) is 0 Å². The van der Waals surface area contributed by atoms with Gasteiger partial charge in [-0.05, 0) is 60.6 Å². The molecule has 0 aromatic carbocycles. The molecule has 0 N–H and O–H groups in total. The van der Waals surface area contributed by atoms with Crippen LogP contribution in [0.1, 0.15) is 27.7 Å². The molecular formula is C14H28P2. The molecule has 2 saturated heterocycles. The van der Waals surface area contributed by atoms with Crippen molar-refractivity contribution >= 4 is 15.8 Å². The summed E-state index contributed by atoms with van der Waals surface area (Å²) in [6.07, 6.45) is 3.09. The minimum atomic E-state index is 0.326. The van der Waals surface area contributed by atoms with Gasteiger partial charge in [-0.3, -0.25) is 0 Å². The van der Waals surface area contributed by atoms with Gasteiger partial charge in [-0.2, -0.15) is 0 Å². The fraction of sp³-hybridized carbons (Fsp3) is 1.00. The van der Waals surface area contributed by atoms with Gasteiger partial charge in [0.1, 0.15) is 0 Å². The molecule has 0 radical (unpaired) electrons. The molecule has 0 spiro atoms. The molecule has 2 rings (SSSR count). The van der Waals surface area contributed by atoms with Crippen molar-refractivity contribution in [2.24, 2.45) is 23.7 Å². The summed E-state index contributed by atoms with van der Waals surface area (Å²) in [5.41, 5.74) is 2.20. The predicted octanol–water partition coefficient (Wildman–Crippen LogP) is 4.52. The van der Waals surface area contributed by atoms with Crippen LogP contribution in [0.3, 0.4) is 0 Å². The lowest BCUT2D eigenvalue weighted by molar-refractivity contribution is 0.363. The Bertz CT molecular complexity index is 227. The van der Waals surface area contributed by atoms with Gasteiger partial charge in [0.2, 0.25) is 0 Å². The van der Waals surface area contributed by atoms with Crippen LogP contribution in [0.15, 0.2) is 0 Å². The van der Waals surface area contributed by atoms with Crippen molar-refractivity contribution in [1.29, 1.82) is 0 Å². The molecule has 0 aromatic heterocycles. The van der Waals surface area contributed by atoms with Gasteiger partial charge < -0.3 is 0 Å². The molecule has 0 amide bonds. The van der Waals surface area contributed by atoms with Gasteiger partial charge in [-0.25, -0.2) is 0 Å². The quantitative estimate of drug-likeness (QED) is 0.607. The highest BCUT2D eigenvalue weighted by Crippen LogP contribution is 2.64. The molecule has 0 nitrogen and oxygen atoms in total. The molecule has 94 valence electrons. The third-order valence-corrected chi connectivity index (χ3v) is 11.6. The fourth-order valence-corrected chi connectivity index (χ4v) is 12.2. The first kappa shape index (κ1) is 13.3. The smallest absolute Gasteiger partial charge is 0.0113 e. The monoisotopic (exact) mass is 258 g/mol. The lowest BCUT2D eigenvalue weighted by Gasteiger charge is -2.34. The van der Waals surface area contributed by atoms with Crippen molar-refractivity contribution < 1.29 is 0 Å². The second kappa shape index (κ2) is 4.85. The second-order valence-electron chi connectivity index (χ2n) is 6.53. The Morgan fingerprint density at radius 2 is 1.00 bits per heavy atom. The van der Waals surface area contributed by atoms with E-state index in [1.807, 2.05) is 0 Å². The average molecular weight is 258 g/mol. The van der Waals surface area contributed by atoms with Crippen LogP contribution < -0.4 is 0 Å². The summed E-state index contributed by atoms with van der Waals surface area (Å²) < 4.78 is 0. The van der Waals surface area contributed by atoms with E-state index in [1.165, 1.54) is 0 Å². The van der Waals surface area contributed by atoms with E-state index in [2.05, 4.69) is 41.0 Å². The number of hydrogen-bond donors (Lipinski definition) is 0. The Balaban J connectivity index is 2.18. The largest absolute Gasteiger partial charge is 0.106 e. The Kier molecular flexibility index (Phi) is 4.03. The van der Waals surface area contributed by atoms with Gasteiger partial charge in [-0.1, -0.05) is 27.7 Å². The first-order valence-corrected chi connectivity index (χ1v) is 10.9. The molecule has 2 heterocycles. The highest BCUT2D eigenvalue weighted by atomic mass is 31.1. The molecule has 16 heavy (non-hydrogen) atoms. The van der Waals surface area contributed by atoms with E-state index in [1.54, 1.807) is 12.3 Å². The van der Waals surface area contributed by atoms with Crippen LogP contribution in [0, 0.1) is 23.7 Å². The summed E-state index contributed by atoms with van der Waals surface area (Å²) in [5.74, 6) is 3.98. The van der Waals surface area contributed by atoms with E-state index >= 15 is 0 Å². The zero-order valence-corrected chi connectivity index (χ0v) is 13.6. The molecule has 2 aliphatic heterocycles. The normalized spacial score (nSPS) is 58.1. The Morgan fingerprint density at radius 3 is 1.19 bits per heavy atom. The zero-order valence-electron chi connectivity index (χ0n) is 11.8. The van der Waals surface area contributed by atoms with Crippen molar-refractivity contribution in [3.8, 4) is 0 Å². The number of rotatable bonds is 1. The van der Waals surface area contributed by atoms with Gasteiger partial charge in [-0.15, -0.1) is 15.8 Å². The molecule has 0 bridgehead atoms. The second-order valence-corrected chi connectivity index (χ2v) is 11.5. The maximum absolute atomic E-state index is 2.58. The van der Waals surface area contributed by atoms with E-state index < -0.39 is 0 Å². The average Bonchev–Trinajstić information content (AvgIpc) is 2.57. The van der Waals surface area contributed by atoms with Crippen LogP contribution in [0.25, 0.3) is 0 Å². The standard InChI is InChI=1S/C14H28P2/c1-9-7-15(5)13(11(9)3)14-12(4)10(2)8-16(14)6/h9-14H,7-8H2,1-6H3. The topological polar surface area (TPSA) is 0 Å². The first-order valence-electron chi connectivity index (χ1n) is 6.84. The van der Waals surface area contributed by atoms with E-state index in [0.29, 0.717) is 15.8 Å². The molecule has 2 heteroatoms. The molecule has 0 aliphatic carbocycles. The molecule has 0 aromatic rings. The zero-order chi connectivity index (χ0) is 12.0. The van der Waals surface area contributed by atoms with Crippen molar-refractivity contribution in [3.05, 3.63) is 0 Å². The van der Waals surface area contributed by atoms with Crippen LogP contribution in [0.4, 0.5) is 0 Å². The Labute approximate surface area is 104 Å². The summed E-state index contributed by atoms with van der Waals surface area (Å²) in [6.45, 7) is 15.2. The van der Waals surface area contributed by atoms with Crippen molar-refractivity contribution in [2.45, 2.75) is 39.0 Å². The van der Waals surface area contributed by atoms with Crippen LogP contribution in [0.2, 0.25) is 0 Å². The van der Waals surface area contributed by atoms with Gasteiger partial charge in [0.15, 0.2) is 0 Å². The van der Waals surface area contributed by atoms with E-state index in [0.717, 1.165) is 35.0 Å². The van der Waals surface area contributed by atoms with Gasteiger partial charge in [0.05, 0.1) is 0 Å². The van der Waals surface area contributed by atoms with Crippen LogP contribution in [-0.4, -0.2) is 37.0 Å². The molecule has 8 atom stereocenters.